The predicted octanol–water partition coefficient (Wildman–Crippen LogP) is 2.90. The number of nitrogens with two attached hydrogens (primary N) is 1. The van der Waals surface area contributed by atoms with Gasteiger partial charge in [-0.15, -0.1) is 0 Å². The molecule has 2 N–H and O–H groups in total. The molecule has 0 spiro atoms. The molecule has 0 aromatic heterocycles. The summed E-state index contributed by atoms with van der Waals surface area (Å²) in [5.41, 5.74) is 6.86. The largest absolute Gasteiger partial charge is 0.491 e. The zero-order valence-corrected chi connectivity index (χ0v) is 8.64. The average molecular weight is 197 g/mol. The Balaban J connectivity index is 2.72. The summed E-state index contributed by atoms with van der Waals surface area (Å²) >= 11 is 0. The minimum absolute atomic E-state index is 0.296. The molecule has 1 aromatic rings. The number of benzene rings is 1. The highest BCUT2D eigenvalue weighted by atomic mass is 19.1. The Labute approximate surface area is 83.9 Å². The van der Waals surface area contributed by atoms with Gasteiger partial charge < -0.3 is 10.5 Å². The zero-order valence-electron chi connectivity index (χ0n) is 8.64. The van der Waals surface area contributed by atoms with E-state index in [4.69, 9.17) is 10.5 Å². The fourth-order valence-electron chi connectivity index (χ4n) is 1.11. The Morgan fingerprint density at radius 2 is 2.14 bits per heavy atom. The number of unbranched alkanes of at least 4 members (excludes halogenated alkanes) is 1. The van der Waals surface area contributed by atoms with Gasteiger partial charge in [-0.1, -0.05) is 13.3 Å². The first kappa shape index (κ1) is 10.8. The summed E-state index contributed by atoms with van der Waals surface area (Å²) in [6.07, 6.45) is 1.97. The van der Waals surface area contributed by atoms with Crippen molar-refractivity contribution in [1.82, 2.24) is 0 Å². The van der Waals surface area contributed by atoms with Crippen molar-refractivity contribution >= 4 is 5.69 Å². The first-order valence-corrected chi connectivity index (χ1v) is 4.83. The Morgan fingerprint density at radius 3 is 2.79 bits per heavy atom. The van der Waals surface area contributed by atoms with Crippen LogP contribution in [-0.2, 0) is 0 Å². The van der Waals surface area contributed by atoms with Crippen LogP contribution in [0.15, 0.2) is 12.1 Å². The summed E-state index contributed by atoms with van der Waals surface area (Å²) in [6.45, 7) is 4.45. The SMILES string of the molecule is CCCCOc1cc(C)c(N)cc1F. The van der Waals surface area contributed by atoms with Crippen LogP contribution in [0, 0.1) is 12.7 Å². The third-order valence-corrected chi connectivity index (χ3v) is 2.08. The number of aryl methyl sites for hydroxylation is 1. The molecule has 78 valence electrons. The van der Waals surface area contributed by atoms with E-state index in [0.717, 1.165) is 18.4 Å². The zero-order chi connectivity index (χ0) is 10.6. The maximum Gasteiger partial charge on any atom is 0.167 e. The lowest BCUT2D eigenvalue weighted by Crippen LogP contribution is -2.00. The van der Waals surface area contributed by atoms with Crippen LogP contribution in [-0.4, -0.2) is 6.61 Å². The molecule has 0 heterocycles. The van der Waals surface area contributed by atoms with Gasteiger partial charge in [-0.3, -0.25) is 0 Å². The molecular formula is C11H16FNO. The predicted molar refractivity (Wildman–Crippen MR) is 56.0 cm³/mol. The number of halogens is 1. The average Bonchev–Trinajstić information content (AvgIpc) is 2.14. The van der Waals surface area contributed by atoms with Gasteiger partial charge in [0.05, 0.1) is 6.61 Å². The van der Waals surface area contributed by atoms with Gasteiger partial charge in [-0.2, -0.15) is 0 Å². The van der Waals surface area contributed by atoms with E-state index in [9.17, 15) is 4.39 Å². The van der Waals surface area contributed by atoms with Crippen molar-refractivity contribution in [2.45, 2.75) is 26.7 Å². The molecule has 0 saturated carbocycles. The third kappa shape index (κ3) is 2.62. The first-order valence-electron chi connectivity index (χ1n) is 4.83. The monoisotopic (exact) mass is 197 g/mol. The third-order valence-electron chi connectivity index (χ3n) is 2.08. The van der Waals surface area contributed by atoms with Crippen molar-refractivity contribution in [2.75, 3.05) is 12.3 Å². The summed E-state index contributed by atoms with van der Waals surface area (Å²) in [4.78, 5) is 0. The van der Waals surface area contributed by atoms with E-state index in [2.05, 4.69) is 6.92 Å². The quantitative estimate of drug-likeness (QED) is 0.595. The van der Waals surface area contributed by atoms with E-state index in [1.807, 2.05) is 6.92 Å². The van der Waals surface area contributed by atoms with Gasteiger partial charge in [-0.05, 0) is 25.0 Å². The second kappa shape index (κ2) is 4.84. The van der Waals surface area contributed by atoms with Gasteiger partial charge in [0.2, 0.25) is 0 Å². The molecule has 0 fully saturated rings. The Morgan fingerprint density at radius 1 is 1.43 bits per heavy atom. The fourth-order valence-corrected chi connectivity index (χ4v) is 1.11. The summed E-state index contributed by atoms with van der Waals surface area (Å²) in [7, 11) is 0. The van der Waals surface area contributed by atoms with Crippen LogP contribution >= 0.6 is 0 Å². The van der Waals surface area contributed by atoms with Gasteiger partial charge >= 0.3 is 0 Å². The van der Waals surface area contributed by atoms with Gasteiger partial charge in [0, 0.05) is 11.8 Å². The van der Waals surface area contributed by atoms with Gasteiger partial charge in [0.25, 0.3) is 0 Å². The number of nitrogen functional groups attached to an aromatic ring is 1. The van der Waals surface area contributed by atoms with E-state index in [-0.39, 0.29) is 5.82 Å². The van der Waals surface area contributed by atoms with Crippen LogP contribution in [0.3, 0.4) is 0 Å². The topological polar surface area (TPSA) is 35.2 Å². The van der Waals surface area contributed by atoms with Crippen molar-refractivity contribution in [3.63, 3.8) is 0 Å². The Kier molecular flexibility index (Phi) is 3.74. The van der Waals surface area contributed by atoms with Crippen molar-refractivity contribution in [2.24, 2.45) is 0 Å². The van der Waals surface area contributed by atoms with E-state index in [1.165, 1.54) is 6.07 Å². The molecule has 3 heteroatoms. The van der Waals surface area contributed by atoms with E-state index < -0.39 is 0 Å². The van der Waals surface area contributed by atoms with Crippen LogP contribution in [0.2, 0.25) is 0 Å². The smallest absolute Gasteiger partial charge is 0.167 e. The summed E-state index contributed by atoms with van der Waals surface area (Å²) < 4.78 is 18.5. The van der Waals surface area contributed by atoms with Crippen molar-refractivity contribution in [3.05, 3.63) is 23.5 Å². The molecular weight excluding hydrogens is 181 g/mol. The maximum atomic E-state index is 13.3. The Hall–Kier alpha value is -1.25. The first-order chi connectivity index (χ1) is 6.65. The number of rotatable bonds is 4. The van der Waals surface area contributed by atoms with Crippen LogP contribution in [0.5, 0.6) is 5.75 Å². The second-order valence-electron chi connectivity index (χ2n) is 3.34. The molecule has 1 rings (SSSR count). The molecule has 0 atom stereocenters. The molecule has 0 aliphatic carbocycles. The minimum Gasteiger partial charge on any atom is -0.491 e. The summed E-state index contributed by atoms with van der Waals surface area (Å²) in [5.74, 6) is -0.0886. The van der Waals surface area contributed by atoms with Gasteiger partial charge in [-0.25, -0.2) is 4.39 Å². The molecule has 0 aliphatic rings. The maximum absolute atomic E-state index is 13.3. The molecule has 0 radical (unpaired) electrons. The minimum atomic E-state index is -0.385. The van der Waals surface area contributed by atoms with E-state index in [0.29, 0.717) is 18.0 Å². The highest BCUT2D eigenvalue weighted by Crippen LogP contribution is 2.23. The molecule has 0 unspecified atom stereocenters. The lowest BCUT2D eigenvalue weighted by molar-refractivity contribution is 0.294. The molecule has 0 amide bonds. The van der Waals surface area contributed by atoms with Crippen molar-refractivity contribution < 1.29 is 9.13 Å². The molecule has 2 nitrogen and oxygen atoms in total. The van der Waals surface area contributed by atoms with E-state index in [1.54, 1.807) is 6.07 Å². The van der Waals surface area contributed by atoms with Gasteiger partial charge in [0.1, 0.15) is 0 Å². The lowest BCUT2D eigenvalue weighted by Gasteiger charge is -2.08. The lowest BCUT2D eigenvalue weighted by atomic mass is 10.2. The number of ether oxygens (including phenoxy) is 1. The summed E-state index contributed by atoms with van der Waals surface area (Å²) in [5, 5.41) is 0. The van der Waals surface area contributed by atoms with Crippen molar-refractivity contribution in [1.29, 1.82) is 0 Å². The molecule has 1 aromatic carbocycles. The molecule has 0 saturated heterocycles. The van der Waals surface area contributed by atoms with Crippen LogP contribution in [0.1, 0.15) is 25.3 Å². The second-order valence-corrected chi connectivity index (χ2v) is 3.34. The van der Waals surface area contributed by atoms with Crippen molar-refractivity contribution in [3.8, 4) is 5.75 Å². The van der Waals surface area contributed by atoms with Crippen LogP contribution in [0.4, 0.5) is 10.1 Å². The Bertz CT molecular complexity index is 312. The van der Waals surface area contributed by atoms with E-state index >= 15 is 0 Å². The highest BCUT2D eigenvalue weighted by Gasteiger charge is 2.05. The molecule has 0 aliphatic heterocycles. The normalized spacial score (nSPS) is 10.2. The summed E-state index contributed by atoms with van der Waals surface area (Å²) in [6, 6.07) is 2.94. The number of hydrogen-bond acceptors (Lipinski definition) is 2. The van der Waals surface area contributed by atoms with Crippen LogP contribution in [0.25, 0.3) is 0 Å². The number of anilines is 1. The fraction of sp³-hybridized carbons (Fsp3) is 0.455. The number of hydrogen-bond donors (Lipinski definition) is 1. The molecule has 0 bridgehead atoms. The highest BCUT2D eigenvalue weighted by molar-refractivity contribution is 5.50. The standard InChI is InChI=1S/C11H16FNO/c1-3-4-5-14-11-6-8(2)10(13)7-9(11)12/h6-7H,3-5,13H2,1-2H3. The van der Waals surface area contributed by atoms with Gasteiger partial charge in [0.15, 0.2) is 11.6 Å². The molecule has 14 heavy (non-hydrogen) atoms. The van der Waals surface area contributed by atoms with Crippen LogP contribution < -0.4 is 10.5 Å².